The minimum Gasteiger partial charge on any atom is -0.496 e. The van der Waals surface area contributed by atoms with Crippen LogP contribution < -0.4 is 0 Å². The Kier molecular flexibility index (Phi) is 3.12. The third-order valence-electron chi connectivity index (χ3n) is 2.27. The molecule has 3 heteroatoms. The average molecular weight is 182 g/mol. The Balaban J connectivity index is 2.86. The number of hydrogen-bond acceptors (Lipinski definition) is 3. The maximum absolute atomic E-state index is 11.2. The van der Waals surface area contributed by atoms with Crippen molar-refractivity contribution in [3.05, 3.63) is 23.5 Å². The predicted octanol–water partition coefficient (Wildman–Crippen LogP) is 1.66. The van der Waals surface area contributed by atoms with Crippen LogP contribution in [0, 0.1) is 5.92 Å². The number of ether oxygens (including phenoxy) is 2. The van der Waals surface area contributed by atoms with E-state index in [2.05, 4.69) is 4.74 Å². The molecule has 0 aromatic heterocycles. The molecule has 1 unspecified atom stereocenters. The lowest BCUT2D eigenvalue weighted by atomic mass is 9.92. The summed E-state index contributed by atoms with van der Waals surface area (Å²) in [5.74, 6) is -0.210. The van der Waals surface area contributed by atoms with Gasteiger partial charge in [0, 0.05) is 5.92 Å². The molecule has 0 aliphatic carbocycles. The summed E-state index contributed by atoms with van der Waals surface area (Å²) in [7, 11) is 1.37. The first kappa shape index (κ1) is 9.84. The lowest BCUT2D eigenvalue weighted by Crippen LogP contribution is -2.20. The second-order valence-electron chi connectivity index (χ2n) is 2.96. The van der Waals surface area contributed by atoms with Gasteiger partial charge in [0.2, 0.25) is 0 Å². The van der Waals surface area contributed by atoms with Crippen LogP contribution in [0.25, 0.3) is 0 Å². The Labute approximate surface area is 78.0 Å². The molecule has 0 saturated carbocycles. The van der Waals surface area contributed by atoms with Gasteiger partial charge in [-0.1, -0.05) is 13.0 Å². The minimum atomic E-state index is -0.313. The van der Waals surface area contributed by atoms with Crippen molar-refractivity contribution in [1.29, 1.82) is 0 Å². The largest absolute Gasteiger partial charge is 0.496 e. The average Bonchev–Trinajstić information content (AvgIpc) is 2.17. The maximum atomic E-state index is 11.2. The zero-order chi connectivity index (χ0) is 9.84. The van der Waals surface area contributed by atoms with E-state index in [1.807, 2.05) is 19.9 Å². The highest BCUT2D eigenvalue weighted by molar-refractivity contribution is 5.89. The normalized spacial score (nSPS) is 25.0. The van der Waals surface area contributed by atoms with Gasteiger partial charge in [-0.2, -0.15) is 0 Å². The summed E-state index contributed by atoms with van der Waals surface area (Å²) in [5.41, 5.74) is 1.70. The van der Waals surface area contributed by atoms with Crippen LogP contribution in [0.15, 0.2) is 23.5 Å². The molecule has 0 N–H and O–H groups in total. The first-order valence-electron chi connectivity index (χ1n) is 4.25. The summed E-state index contributed by atoms with van der Waals surface area (Å²) in [5, 5.41) is 0. The summed E-state index contributed by atoms with van der Waals surface area (Å²) in [6.45, 7) is 4.48. The van der Waals surface area contributed by atoms with Gasteiger partial charge < -0.3 is 9.47 Å². The number of allylic oxidation sites excluding steroid dienone is 1. The van der Waals surface area contributed by atoms with Gasteiger partial charge in [-0.3, -0.25) is 0 Å². The highest BCUT2D eigenvalue weighted by Crippen LogP contribution is 2.25. The Bertz CT molecular complexity index is 263. The molecule has 1 aliphatic rings. The van der Waals surface area contributed by atoms with Crippen LogP contribution >= 0.6 is 0 Å². The fourth-order valence-electron chi connectivity index (χ4n) is 1.33. The fourth-order valence-corrected chi connectivity index (χ4v) is 1.33. The number of rotatable bonds is 1. The van der Waals surface area contributed by atoms with Crippen molar-refractivity contribution < 1.29 is 14.3 Å². The number of hydrogen-bond donors (Lipinski definition) is 0. The Morgan fingerprint density at radius 2 is 2.46 bits per heavy atom. The Morgan fingerprint density at radius 3 is 3.00 bits per heavy atom. The van der Waals surface area contributed by atoms with Crippen molar-refractivity contribution in [3.63, 3.8) is 0 Å². The Hall–Kier alpha value is -1.25. The molecule has 0 aromatic rings. The lowest BCUT2D eigenvalue weighted by molar-refractivity contribution is -0.136. The molecule has 1 rings (SSSR count). The van der Waals surface area contributed by atoms with Gasteiger partial charge in [0.1, 0.15) is 6.61 Å². The molecule has 0 bridgehead atoms. The highest BCUT2D eigenvalue weighted by Gasteiger charge is 2.24. The van der Waals surface area contributed by atoms with E-state index >= 15 is 0 Å². The molecule has 1 heterocycles. The van der Waals surface area contributed by atoms with Gasteiger partial charge in [0.05, 0.1) is 18.9 Å². The van der Waals surface area contributed by atoms with Gasteiger partial charge in [-0.25, -0.2) is 4.79 Å². The second-order valence-corrected chi connectivity index (χ2v) is 2.96. The molecule has 0 spiro atoms. The van der Waals surface area contributed by atoms with Crippen molar-refractivity contribution >= 4 is 5.97 Å². The van der Waals surface area contributed by atoms with Crippen molar-refractivity contribution in [3.8, 4) is 0 Å². The standard InChI is InChI=1S/C10H14O3/c1-4-8-5-13-6-9(7(8)2)10(11)12-3/h4,6-7H,5H2,1-3H3/b8-4-. The summed E-state index contributed by atoms with van der Waals surface area (Å²) < 4.78 is 9.79. The molecule has 0 radical (unpaired) electrons. The van der Waals surface area contributed by atoms with E-state index in [1.165, 1.54) is 13.4 Å². The second kappa shape index (κ2) is 4.12. The van der Waals surface area contributed by atoms with Crippen molar-refractivity contribution in [2.24, 2.45) is 5.92 Å². The first-order chi connectivity index (χ1) is 6.20. The smallest absolute Gasteiger partial charge is 0.337 e. The van der Waals surface area contributed by atoms with Crippen LogP contribution in [-0.2, 0) is 14.3 Å². The lowest BCUT2D eigenvalue weighted by Gasteiger charge is -2.22. The number of carbonyl (C=O) groups is 1. The molecule has 3 nitrogen and oxygen atoms in total. The molecule has 0 aromatic carbocycles. The molecular weight excluding hydrogens is 168 g/mol. The fraction of sp³-hybridized carbons (Fsp3) is 0.500. The quantitative estimate of drug-likeness (QED) is 0.457. The number of carbonyl (C=O) groups excluding carboxylic acids is 1. The Morgan fingerprint density at radius 1 is 1.77 bits per heavy atom. The molecular formula is C10H14O3. The SMILES string of the molecule is C/C=C1/COC=C(C(=O)OC)C1C. The first-order valence-corrected chi connectivity index (χ1v) is 4.25. The van der Waals surface area contributed by atoms with E-state index < -0.39 is 0 Å². The molecule has 72 valence electrons. The van der Waals surface area contributed by atoms with E-state index in [0.29, 0.717) is 12.2 Å². The van der Waals surface area contributed by atoms with Crippen molar-refractivity contribution in [2.75, 3.05) is 13.7 Å². The summed E-state index contributed by atoms with van der Waals surface area (Å²) in [4.78, 5) is 11.2. The molecule has 1 atom stereocenters. The monoisotopic (exact) mass is 182 g/mol. The summed E-state index contributed by atoms with van der Waals surface area (Å²) in [6.07, 6.45) is 3.46. The van der Waals surface area contributed by atoms with Crippen molar-refractivity contribution in [2.45, 2.75) is 13.8 Å². The van der Waals surface area contributed by atoms with Gasteiger partial charge in [0.15, 0.2) is 0 Å². The van der Waals surface area contributed by atoms with Crippen molar-refractivity contribution in [1.82, 2.24) is 0 Å². The van der Waals surface area contributed by atoms with Crippen LogP contribution in [0.1, 0.15) is 13.8 Å². The third kappa shape index (κ3) is 1.91. The highest BCUT2D eigenvalue weighted by atomic mass is 16.5. The number of esters is 1. The predicted molar refractivity (Wildman–Crippen MR) is 49.0 cm³/mol. The molecule has 0 fully saturated rings. The van der Waals surface area contributed by atoms with Gasteiger partial charge in [0.25, 0.3) is 0 Å². The van der Waals surface area contributed by atoms with Gasteiger partial charge in [-0.15, -0.1) is 0 Å². The van der Waals surface area contributed by atoms with E-state index in [4.69, 9.17) is 4.74 Å². The van der Waals surface area contributed by atoms with E-state index in [9.17, 15) is 4.79 Å². The van der Waals surface area contributed by atoms with Crippen LogP contribution in [-0.4, -0.2) is 19.7 Å². The molecule has 0 saturated heterocycles. The van der Waals surface area contributed by atoms with E-state index in [0.717, 1.165) is 5.57 Å². The zero-order valence-electron chi connectivity index (χ0n) is 8.16. The molecule has 0 amide bonds. The minimum absolute atomic E-state index is 0.103. The van der Waals surface area contributed by atoms with Crippen LogP contribution in [0.2, 0.25) is 0 Å². The molecule has 1 aliphatic heterocycles. The van der Waals surface area contributed by atoms with Crippen LogP contribution in [0.3, 0.4) is 0 Å². The van der Waals surface area contributed by atoms with Crippen LogP contribution in [0.4, 0.5) is 0 Å². The topological polar surface area (TPSA) is 35.5 Å². The third-order valence-corrected chi connectivity index (χ3v) is 2.27. The van der Waals surface area contributed by atoms with Crippen LogP contribution in [0.5, 0.6) is 0 Å². The summed E-state index contributed by atoms with van der Waals surface area (Å²) >= 11 is 0. The zero-order valence-corrected chi connectivity index (χ0v) is 8.16. The van der Waals surface area contributed by atoms with E-state index in [1.54, 1.807) is 0 Å². The van der Waals surface area contributed by atoms with Gasteiger partial charge in [-0.05, 0) is 12.5 Å². The number of methoxy groups -OCH3 is 1. The molecule has 13 heavy (non-hydrogen) atoms. The summed E-state index contributed by atoms with van der Waals surface area (Å²) in [6, 6.07) is 0. The van der Waals surface area contributed by atoms with Gasteiger partial charge >= 0.3 is 5.97 Å². The maximum Gasteiger partial charge on any atom is 0.337 e. The van der Waals surface area contributed by atoms with E-state index in [-0.39, 0.29) is 11.9 Å².